The van der Waals surface area contributed by atoms with Crippen LogP contribution in [0.2, 0.25) is 0 Å². The van der Waals surface area contributed by atoms with E-state index in [1.807, 2.05) is 19.1 Å². The van der Waals surface area contributed by atoms with E-state index in [0.29, 0.717) is 5.75 Å². The smallest absolute Gasteiger partial charge is 0.404 e. The van der Waals surface area contributed by atoms with Gasteiger partial charge >= 0.3 is 7.82 Å². The Morgan fingerprint density at radius 3 is 2.37 bits per heavy atom. The van der Waals surface area contributed by atoms with Crippen molar-refractivity contribution < 1.29 is 18.5 Å². The molecule has 0 aliphatic heterocycles. The van der Waals surface area contributed by atoms with Gasteiger partial charge in [-0.3, -0.25) is 9.42 Å². The topological polar surface area (TPSA) is 55.8 Å². The molecule has 0 aliphatic carbocycles. The lowest BCUT2D eigenvalue weighted by molar-refractivity contribution is 0.199. The molecular formula is C14H23O4P. The van der Waals surface area contributed by atoms with Crippen LogP contribution in [0.4, 0.5) is 0 Å². The molecule has 0 aliphatic rings. The monoisotopic (exact) mass is 286 g/mol. The Morgan fingerprint density at radius 1 is 1.11 bits per heavy atom. The van der Waals surface area contributed by atoms with E-state index in [1.165, 1.54) is 12.8 Å². The predicted octanol–water partition coefficient (Wildman–Crippen LogP) is 4.46. The second-order valence-electron chi connectivity index (χ2n) is 4.62. The molecule has 0 bridgehead atoms. The number of hydrogen-bond donors (Lipinski definition) is 1. The molecule has 1 aromatic carbocycles. The molecule has 0 fully saturated rings. The Kier molecular flexibility index (Phi) is 7.14. The molecule has 1 atom stereocenters. The van der Waals surface area contributed by atoms with Crippen LogP contribution >= 0.6 is 7.82 Å². The van der Waals surface area contributed by atoms with Gasteiger partial charge in [0, 0.05) is 0 Å². The number of hydrogen-bond acceptors (Lipinski definition) is 3. The third kappa shape index (κ3) is 7.36. The van der Waals surface area contributed by atoms with Crippen LogP contribution in [0.25, 0.3) is 0 Å². The van der Waals surface area contributed by atoms with E-state index in [2.05, 4.69) is 6.92 Å². The van der Waals surface area contributed by atoms with Gasteiger partial charge in [-0.1, -0.05) is 50.3 Å². The molecule has 0 aromatic heterocycles. The first kappa shape index (κ1) is 16.2. The number of phosphoric ester groups is 1. The summed E-state index contributed by atoms with van der Waals surface area (Å²) in [4.78, 5) is 9.55. The maximum absolute atomic E-state index is 11.7. The molecule has 108 valence electrons. The van der Waals surface area contributed by atoms with Crippen molar-refractivity contribution in [1.82, 2.24) is 0 Å². The quantitative estimate of drug-likeness (QED) is 0.538. The van der Waals surface area contributed by atoms with E-state index >= 15 is 0 Å². The van der Waals surface area contributed by atoms with Crippen molar-refractivity contribution in [3.05, 3.63) is 29.8 Å². The summed E-state index contributed by atoms with van der Waals surface area (Å²) < 4.78 is 21.6. The molecule has 4 nitrogen and oxygen atoms in total. The Morgan fingerprint density at radius 2 is 1.74 bits per heavy atom. The Bertz CT molecular complexity index is 402. The van der Waals surface area contributed by atoms with E-state index in [-0.39, 0.29) is 6.61 Å². The fourth-order valence-corrected chi connectivity index (χ4v) is 2.44. The summed E-state index contributed by atoms with van der Waals surface area (Å²) in [6, 6.07) is 6.95. The van der Waals surface area contributed by atoms with Crippen LogP contribution in [0.15, 0.2) is 24.3 Å². The van der Waals surface area contributed by atoms with E-state index in [1.54, 1.807) is 12.1 Å². The molecule has 0 saturated heterocycles. The second kappa shape index (κ2) is 8.36. The first-order chi connectivity index (χ1) is 9.03. The molecular weight excluding hydrogens is 263 g/mol. The third-order valence-corrected chi connectivity index (χ3v) is 3.69. The number of aryl methyl sites for hydroxylation is 1. The lowest BCUT2D eigenvalue weighted by atomic mass is 10.2. The van der Waals surface area contributed by atoms with Crippen LogP contribution in [0, 0.1) is 6.92 Å². The van der Waals surface area contributed by atoms with Crippen LogP contribution in [0.3, 0.4) is 0 Å². The fraction of sp³-hybridized carbons (Fsp3) is 0.571. The van der Waals surface area contributed by atoms with Gasteiger partial charge in [-0.05, 0) is 25.5 Å². The molecule has 0 radical (unpaired) electrons. The summed E-state index contributed by atoms with van der Waals surface area (Å²) in [5.74, 6) is 0.349. The largest absolute Gasteiger partial charge is 0.527 e. The van der Waals surface area contributed by atoms with Gasteiger partial charge in [0.2, 0.25) is 0 Å². The van der Waals surface area contributed by atoms with Gasteiger partial charge in [0.05, 0.1) is 6.61 Å². The summed E-state index contributed by atoms with van der Waals surface area (Å²) in [7, 11) is -3.99. The van der Waals surface area contributed by atoms with E-state index in [4.69, 9.17) is 9.05 Å². The molecule has 1 aromatic rings. The number of rotatable bonds is 9. The van der Waals surface area contributed by atoms with Gasteiger partial charge in [-0.25, -0.2) is 4.57 Å². The summed E-state index contributed by atoms with van der Waals surface area (Å²) >= 11 is 0. The summed E-state index contributed by atoms with van der Waals surface area (Å²) in [5, 5.41) is 0. The minimum Gasteiger partial charge on any atom is -0.404 e. The van der Waals surface area contributed by atoms with Crippen molar-refractivity contribution in [2.24, 2.45) is 0 Å². The first-order valence-corrected chi connectivity index (χ1v) is 8.26. The summed E-state index contributed by atoms with van der Waals surface area (Å²) in [5.41, 5.74) is 1.07. The second-order valence-corrected chi connectivity index (χ2v) is 6.00. The maximum atomic E-state index is 11.7. The van der Waals surface area contributed by atoms with Crippen molar-refractivity contribution in [3.63, 3.8) is 0 Å². The Hall–Kier alpha value is -0.830. The van der Waals surface area contributed by atoms with Gasteiger partial charge in [-0.2, -0.15) is 0 Å². The lowest BCUT2D eigenvalue weighted by Crippen LogP contribution is -1.99. The average molecular weight is 286 g/mol. The van der Waals surface area contributed by atoms with Crippen LogP contribution < -0.4 is 4.52 Å². The zero-order chi connectivity index (χ0) is 14.1. The minimum atomic E-state index is -3.99. The van der Waals surface area contributed by atoms with Crippen LogP contribution in [-0.2, 0) is 9.09 Å². The van der Waals surface area contributed by atoms with Gasteiger partial charge in [0.25, 0.3) is 0 Å². The number of phosphoric acid groups is 1. The third-order valence-electron chi connectivity index (χ3n) is 2.74. The predicted molar refractivity (Wildman–Crippen MR) is 76.3 cm³/mol. The van der Waals surface area contributed by atoms with Gasteiger partial charge in [0.15, 0.2) is 0 Å². The molecule has 1 unspecified atom stereocenters. The van der Waals surface area contributed by atoms with Crippen LogP contribution in [0.1, 0.15) is 44.6 Å². The van der Waals surface area contributed by atoms with Crippen molar-refractivity contribution in [2.45, 2.75) is 46.0 Å². The molecule has 19 heavy (non-hydrogen) atoms. The maximum Gasteiger partial charge on any atom is 0.527 e. The molecule has 0 spiro atoms. The molecule has 0 heterocycles. The summed E-state index contributed by atoms with van der Waals surface area (Å²) in [6.07, 6.45) is 5.29. The SMILES string of the molecule is CCCCCCCOP(=O)(O)Oc1ccc(C)cc1. The first-order valence-electron chi connectivity index (χ1n) is 6.77. The van der Waals surface area contributed by atoms with Crippen LogP contribution in [0.5, 0.6) is 5.75 Å². The normalized spacial score (nSPS) is 14.1. The number of unbranched alkanes of at least 4 members (excludes halogenated alkanes) is 4. The van der Waals surface area contributed by atoms with Crippen molar-refractivity contribution in [2.75, 3.05) is 6.61 Å². The molecule has 5 heteroatoms. The van der Waals surface area contributed by atoms with Crippen LogP contribution in [-0.4, -0.2) is 11.5 Å². The molecule has 1 rings (SSSR count). The minimum absolute atomic E-state index is 0.253. The highest BCUT2D eigenvalue weighted by Crippen LogP contribution is 2.43. The summed E-state index contributed by atoms with van der Waals surface area (Å²) in [6.45, 7) is 4.34. The van der Waals surface area contributed by atoms with Crippen molar-refractivity contribution in [3.8, 4) is 5.75 Å². The van der Waals surface area contributed by atoms with Crippen molar-refractivity contribution in [1.29, 1.82) is 0 Å². The highest BCUT2D eigenvalue weighted by molar-refractivity contribution is 7.47. The Labute approximate surface area is 115 Å². The zero-order valence-corrected chi connectivity index (χ0v) is 12.6. The zero-order valence-electron chi connectivity index (χ0n) is 11.7. The van der Waals surface area contributed by atoms with E-state index in [9.17, 15) is 9.46 Å². The van der Waals surface area contributed by atoms with E-state index in [0.717, 1.165) is 24.8 Å². The van der Waals surface area contributed by atoms with Gasteiger partial charge in [0.1, 0.15) is 5.75 Å². The highest BCUT2D eigenvalue weighted by Gasteiger charge is 2.22. The fourth-order valence-electron chi connectivity index (χ4n) is 1.64. The van der Waals surface area contributed by atoms with E-state index < -0.39 is 7.82 Å². The highest BCUT2D eigenvalue weighted by atomic mass is 31.2. The molecule has 0 saturated carbocycles. The number of benzene rings is 1. The molecule has 0 amide bonds. The molecule has 1 N–H and O–H groups in total. The van der Waals surface area contributed by atoms with Crippen molar-refractivity contribution >= 4 is 7.82 Å². The van der Waals surface area contributed by atoms with Gasteiger partial charge in [-0.15, -0.1) is 0 Å². The Balaban J connectivity index is 2.27. The van der Waals surface area contributed by atoms with Gasteiger partial charge < -0.3 is 4.52 Å². The lowest BCUT2D eigenvalue weighted by Gasteiger charge is -2.13. The average Bonchev–Trinajstić information content (AvgIpc) is 2.36. The standard InChI is InChI=1S/C14H23O4P/c1-3-4-5-6-7-12-17-19(15,16)18-14-10-8-13(2)9-11-14/h8-11H,3-7,12H2,1-2H3,(H,15,16).